The number of nitrogens with zero attached hydrogens (tertiary/aromatic N) is 1. The van der Waals surface area contributed by atoms with Crippen molar-refractivity contribution in [1.82, 2.24) is 4.98 Å². The Morgan fingerprint density at radius 2 is 2.00 bits per heavy atom. The minimum Gasteiger partial charge on any atom is -0.481 e. The summed E-state index contributed by atoms with van der Waals surface area (Å²) < 4.78 is 5.82. The van der Waals surface area contributed by atoms with Crippen molar-refractivity contribution in [1.29, 1.82) is 0 Å². The predicted molar refractivity (Wildman–Crippen MR) is 88.2 cm³/mol. The molecule has 124 valence electrons. The molecule has 1 aromatic carbocycles. The lowest BCUT2D eigenvalue weighted by Crippen LogP contribution is -2.22. The Morgan fingerprint density at radius 3 is 2.75 bits per heavy atom. The van der Waals surface area contributed by atoms with E-state index in [0.29, 0.717) is 30.2 Å². The Bertz CT molecular complexity index is 788. The molecule has 1 aromatic heterocycles. The molecule has 2 aromatic rings. The predicted octanol–water partition coefficient (Wildman–Crippen LogP) is 3.02. The van der Waals surface area contributed by atoms with Gasteiger partial charge in [0.1, 0.15) is 17.3 Å². The second-order valence-electron chi connectivity index (χ2n) is 5.87. The summed E-state index contributed by atoms with van der Waals surface area (Å²) in [7, 11) is 0. The molecule has 0 radical (unpaired) electrons. The fraction of sp³-hybridized carbons (Fsp3) is 0.278. The maximum Gasteiger partial charge on any atom is 0.306 e. The first kappa shape index (κ1) is 16.0. The molecule has 1 aliphatic carbocycles. The first-order valence-corrected chi connectivity index (χ1v) is 7.77. The second-order valence-corrected chi connectivity index (χ2v) is 5.87. The number of ether oxygens (including phenoxy) is 1. The van der Waals surface area contributed by atoms with Gasteiger partial charge in [0.25, 0.3) is 0 Å². The number of rotatable bonds is 4. The average molecular weight is 326 g/mol. The van der Waals surface area contributed by atoms with Gasteiger partial charge in [-0.1, -0.05) is 6.07 Å². The molecule has 0 spiro atoms. The van der Waals surface area contributed by atoms with Crippen LogP contribution in [0.15, 0.2) is 36.5 Å². The number of carbonyl (C=O) groups excluding carboxylic acids is 1. The van der Waals surface area contributed by atoms with E-state index in [1.165, 1.54) is 12.5 Å². The highest BCUT2D eigenvalue weighted by atomic mass is 16.5. The highest BCUT2D eigenvalue weighted by molar-refractivity contribution is 5.87. The molecule has 0 saturated carbocycles. The highest BCUT2D eigenvalue weighted by Gasteiger charge is 2.24. The van der Waals surface area contributed by atoms with Gasteiger partial charge in [-0.15, -0.1) is 0 Å². The van der Waals surface area contributed by atoms with Crippen LogP contribution in [0, 0.1) is 5.92 Å². The average Bonchev–Trinajstić information content (AvgIpc) is 2.54. The Hall–Kier alpha value is -2.89. The van der Waals surface area contributed by atoms with E-state index in [4.69, 9.17) is 4.74 Å². The maximum absolute atomic E-state index is 11.2. The lowest BCUT2D eigenvalue weighted by molar-refractivity contribution is -0.142. The number of aromatic nitrogens is 1. The van der Waals surface area contributed by atoms with Crippen molar-refractivity contribution in [2.75, 3.05) is 5.32 Å². The molecule has 1 aliphatic rings. The van der Waals surface area contributed by atoms with Gasteiger partial charge in [-0.25, -0.2) is 4.98 Å². The van der Waals surface area contributed by atoms with Gasteiger partial charge in [0.15, 0.2) is 0 Å². The Morgan fingerprint density at radius 1 is 1.21 bits per heavy atom. The topological polar surface area (TPSA) is 88.5 Å². The minimum absolute atomic E-state index is 0.201. The molecule has 2 N–H and O–H groups in total. The number of hydrogen-bond acceptors (Lipinski definition) is 4. The van der Waals surface area contributed by atoms with Crippen molar-refractivity contribution in [3.8, 4) is 11.5 Å². The van der Waals surface area contributed by atoms with Crippen LogP contribution in [0.25, 0.3) is 0 Å². The molecule has 0 bridgehead atoms. The van der Waals surface area contributed by atoms with Crippen molar-refractivity contribution in [3.05, 3.63) is 47.7 Å². The normalized spacial score (nSPS) is 16.1. The summed E-state index contributed by atoms with van der Waals surface area (Å²) in [5.41, 5.74) is 2.19. The molecule has 1 amide bonds. The molecule has 1 heterocycles. The SMILES string of the molecule is CC(=O)Nc1cc(Oc2ccc3c(c2)C[C@H](C(=O)O)CC3)ccn1. The van der Waals surface area contributed by atoms with Gasteiger partial charge >= 0.3 is 5.97 Å². The molecule has 6 heteroatoms. The summed E-state index contributed by atoms with van der Waals surface area (Å²) in [4.78, 5) is 26.3. The largest absolute Gasteiger partial charge is 0.481 e. The number of aryl methyl sites for hydroxylation is 1. The van der Waals surface area contributed by atoms with Gasteiger partial charge in [0, 0.05) is 19.2 Å². The van der Waals surface area contributed by atoms with Crippen LogP contribution in [0.2, 0.25) is 0 Å². The van der Waals surface area contributed by atoms with Gasteiger partial charge in [-0.3, -0.25) is 9.59 Å². The van der Waals surface area contributed by atoms with E-state index in [1.54, 1.807) is 18.3 Å². The number of carboxylic acid groups (broad SMARTS) is 1. The van der Waals surface area contributed by atoms with Crippen LogP contribution < -0.4 is 10.1 Å². The van der Waals surface area contributed by atoms with E-state index >= 15 is 0 Å². The van der Waals surface area contributed by atoms with Gasteiger partial charge in [-0.2, -0.15) is 0 Å². The zero-order valence-electron chi connectivity index (χ0n) is 13.3. The molecule has 0 unspecified atom stereocenters. The van der Waals surface area contributed by atoms with E-state index in [-0.39, 0.29) is 11.8 Å². The number of nitrogens with one attached hydrogen (secondary N) is 1. The van der Waals surface area contributed by atoms with E-state index in [9.17, 15) is 14.7 Å². The van der Waals surface area contributed by atoms with E-state index < -0.39 is 5.97 Å². The van der Waals surface area contributed by atoms with Crippen LogP contribution in [-0.4, -0.2) is 22.0 Å². The summed E-state index contributed by atoms with van der Waals surface area (Å²) in [6, 6.07) is 9.09. The van der Waals surface area contributed by atoms with Crippen molar-refractivity contribution < 1.29 is 19.4 Å². The quantitative estimate of drug-likeness (QED) is 0.901. The third kappa shape index (κ3) is 3.71. The molecule has 3 rings (SSSR count). The number of aliphatic carboxylic acids is 1. The van der Waals surface area contributed by atoms with Crippen molar-refractivity contribution in [2.24, 2.45) is 5.92 Å². The van der Waals surface area contributed by atoms with Gasteiger partial charge in [-0.05, 0) is 48.6 Å². The smallest absolute Gasteiger partial charge is 0.306 e. The Kier molecular flexibility index (Phi) is 4.46. The number of amides is 1. The number of benzene rings is 1. The number of fused-ring (bicyclic) bond motifs is 1. The molecular formula is C18H18N2O4. The van der Waals surface area contributed by atoms with Crippen molar-refractivity contribution >= 4 is 17.7 Å². The molecule has 0 saturated heterocycles. The Balaban J connectivity index is 1.78. The first-order valence-electron chi connectivity index (χ1n) is 7.77. The third-order valence-electron chi connectivity index (χ3n) is 4.03. The van der Waals surface area contributed by atoms with Crippen LogP contribution in [0.1, 0.15) is 24.5 Å². The summed E-state index contributed by atoms with van der Waals surface area (Å²) in [6.07, 6.45) is 3.52. The number of carbonyl (C=O) groups is 2. The maximum atomic E-state index is 11.2. The summed E-state index contributed by atoms with van der Waals surface area (Å²) in [5, 5.41) is 11.8. The molecule has 0 fully saturated rings. The molecular weight excluding hydrogens is 308 g/mol. The van der Waals surface area contributed by atoms with Crippen LogP contribution >= 0.6 is 0 Å². The molecule has 1 atom stereocenters. The zero-order chi connectivity index (χ0) is 17.1. The summed E-state index contributed by atoms with van der Waals surface area (Å²) >= 11 is 0. The lowest BCUT2D eigenvalue weighted by Gasteiger charge is -2.22. The monoisotopic (exact) mass is 326 g/mol. The number of pyridine rings is 1. The second kappa shape index (κ2) is 6.70. The van der Waals surface area contributed by atoms with E-state index in [0.717, 1.165) is 12.0 Å². The van der Waals surface area contributed by atoms with E-state index in [1.807, 2.05) is 18.2 Å². The van der Waals surface area contributed by atoms with Crippen molar-refractivity contribution in [3.63, 3.8) is 0 Å². The van der Waals surface area contributed by atoms with Crippen LogP contribution in [-0.2, 0) is 22.4 Å². The van der Waals surface area contributed by atoms with Gasteiger partial charge < -0.3 is 15.2 Å². The van der Waals surface area contributed by atoms with Crippen LogP contribution in [0.4, 0.5) is 5.82 Å². The standard InChI is InChI=1S/C18H18N2O4/c1-11(21)20-17-10-16(6-7-19-17)24-15-5-4-12-2-3-13(18(22)23)8-14(12)9-15/h4-7,9-10,13H,2-3,8H2,1H3,(H,22,23)(H,19,20,21)/t13-/m1/s1. The third-order valence-corrected chi connectivity index (χ3v) is 4.03. The zero-order valence-corrected chi connectivity index (χ0v) is 13.3. The van der Waals surface area contributed by atoms with E-state index in [2.05, 4.69) is 10.3 Å². The number of hydrogen-bond donors (Lipinski definition) is 2. The highest BCUT2D eigenvalue weighted by Crippen LogP contribution is 2.31. The molecule has 0 aliphatic heterocycles. The minimum atomic E-state index is -0.749. The fourth-order valence-electron chi connectivity index (χ4n) is 2.87. The summed E-state index contributed by atoms with van der Waals surface area (Å²) in [5.74, 6) is 0.331. The summed E-state index contributed by atoms with van der Waals surface area (Å²) in [6.45, 7) is 1.41. The molecule has 24 heavy (non-hydrogen) atoms. The Labute approximate surface area is 139 Å². The number of carboxylic acids is 1. The molecule has 6 nitrogen and oxygen atoms in total. The van der Waals surface area contributed by atoms with Crippen molar-refractivity contribution in [2.45, 2.75) is 26.2 Å². The number of anilines is 1. The first-order chi connectivity index (χ1) is 11.5. The van der Waals surface area contributed by atoms with Gasteiger partial charge in [0.2, 0.25) is 5.91 Å². The van der Waals surface area contributed by atoms with Crippen LogP contribution in [0.5, 0.6) is 11.5 Å². The fourth-order valence-corrected chi connectivity index (χ4v) is 2.87. The van der Waals surface area contributed by atoms with Crippen LogP contribution in [0.3, 0.4) is 0 Å². The van der Waals surface area contributed by atoms with Gasteiger partial charge in [0.05, 0.1) is 5.92 Å². The lowest BCUT2D eigenvalue weighted by atomic mass is 9.84.